The monoisotopic (exact) mass is 267 g/mol. The summed E-state index contributed by atoms with van der Waals surface area (Å²) in [4.78, 5) is 11.6. The minimum absolute atomic E-state index is 0.0193. The van der Waals surface area contributed by atoms with E-state index in [0.29, 0.717) is 22.9 Å². The quantitative estimate of drug-likeness (QED) is 0.862. The molecule has 0 aliphatic heterocycles. The van der Waals surface area contributed by atoms with E-state index in [1.54, 1.807) is 12.1 Å². The maximum absolute atomic E-state index is 11.6. The Labute approximate surface area is 112 Å². The number of hydrogen-bond acceptors (Lipinski definition) is 2. The summed E-state index contributed by atoms with van der Waals surface area (Å²) in [6.07, 6.45) is 3.38. The summed E-state index contributed by atoms with van der Waals surface area (Å²) in [6.45, 7) is 0.218. The van der Waals surface area contributed by atoms with E-state index in [2.05, 4.69) is 5.32 Å². The average molecular weight is 268 g/mol. The van der Waals surface area contributed by atoms with Gasteiger partial charge in [0, 0.05) is 23.6 Å². The van der Waals surface area contributed by atoms with Gasteiger partial charge in [0.15, 0.2) is 0 Å². The fourth-order valence-electron chi connectivity index (χ4n) is 2.10. The van der Waals surface area contributed by atoms with Crippen LogP contribution in [-0.2, 0) is 4.79 Å². The number of aliphatic hydroxyl groups is 1. The first-order valence-corrected chi connectivity index (χ1v) is 6.74. The van der Waals surface area contributed by atoms with Crippen molar-refractivity contribution in [3.8, 4) is 0 Å². The van der Waals surface area contributed by atoms with Crippen molar-refractivity contribution in [2.24, 2.45) is 5.92 Å². The van der Waals surface area contributed by atoms with Crippen molar-refractivity contribution in [3.63, 3.8) is 0 Å². The Morgan fingerprint density at radius 1 is 1.44 bits per heavy atom. The summed E-state index contributed by atoms with van der Waals surface area (Å²) in [5.74, 6) is 0.563. The molecule has 4 heteroatoms. The van der Waals surface area contributed by atoms with Crippen LogP contribution in [0.4, 0.5) is 0 Å². The van der Waals surface area contributed by atoms with Crippen LogP contribution in [-0.4, -0.2) is 17.6 Å². The lowest BCUT2D eigenvalue weighted by Gasteiger charge is -2.24. The van der Waals surface area contributed by atoms with E-state index in [9.17, 15) is 9.90 Å². The molecule has 0 saturated heterocycles. The lowest BCUT2D eigenvalue weighted by Crippen LogP contribution is -2.31. The van der Waals surface area contributed by atoms with Crippen LogP contribution in [0.15, 0.2) is 24.3 Å². The summed E-state index contributed by atoms with van der Waals surface area (Å²) in [6, 6.07) is 7.13. The minimum atomic E-state index is -0.746. The number of halogens is 1. The smallest absolute Gasteiger partial charge is 0.220 e. The molecule has 98 valence electrons. The predicted octanol–water partition coefficient (Wildman–Crippen LogP) is 2.68. The van der Waals surface area contributed by atoms with Crippen LogP contribution in [0.1, 0.15) is 37.4 Å². The van der Waals surface area contributed by atoms with E-state index in [1.807, 2.05) is 12.1 Å². The van der Waals surface area contributed by atoms with Gasteiger partial charge < -0.3 is 10.4 Å². The third-order valence-electron chi connectivity index (χ3n) is 3.46. The van der Waals surface area contributed by atoms with Gasteiger partial charge in [-0.2, -0.15) is 0 Å². The Balaban J connectivity index is 1.78. The summed E-state index contributed by atoms with van der Waals surface area (Å²) >= 11 is 5.98. The van der Waals surface area contributed by atoms with Crippen molar-refractivity contribution in [2.75, 3.05) is 6.54 Å². The van der Waals surface area contributed by atoms with E-state index >= 15 is 0 Å². The first-order valence-electron chi connectivity index (χ1n) is 6.36. The van der Waals surface area contributed by atoms with E-state index in [4.69, 9.17) is 11.6 Å². The standard InChI is InChI=1S/C14H18ClNO2/c15-12-7-2-1-6-11(12)13(17)9-16-14(18)8-10-4-3-5-10/h1-2,6-7,10,13,17H,3-5,8-9H2,(H,16,18). The second-order valence-electron chi connectivity index (χ2n) is 4.84. The molecule has 18 heavy (non-hydrogen) atoms. The van der Waals surface area contributed by atoms with Gasteiger partial charge in [0.2, 0.25) is 5.91 Å². The molecule has 1 atom stereocenters. The van der Waals surface area contributed by atoms with Gasteiger partial charge in [0.05, 0.1) is 6.10 Å². The second-order valence-corrected chi connectivity index (χ2v) is 5.25. The number of hydrogen-bond donors (Lipinski definition) is 2. The lowest BCUT2D eigenvalue weighted by molar-refractivity contribution is -0.123. The molecule has 1 aliphatic carbocycles. The highest BCUT2D eigenvalue weighted by Gasteiger charge is 2.21. The summed E-state index contributed by atoms with van der Waals surface area (Å²) in [5, 5.41) is 13.2. The molecule has 0 bridgehead atoms. The number of carbonyl (C=O) groups excluding carboxylic acids is 1. The molecule has 1 saturated carbocycles. The molecule has 1 unspecified atom stereocenters. The molecular formula is C14H18ClNO2. The molecule has 1 amide bonds. The topological polar surface area (TPSA) is 49.3 Å². The second kappa shape index (κ2) is 6.21. The van der Waals surface area contributed by atoms with Crippen LogP contribution >= 0.6 is 11.6 Å². The normalized spacial score (nSPS) is 17.0. The first kappa shape index (κ1) is 13.4. The maximum Gasteiger partial charge on any atom is 0.220 e. The molecule has 3 nitrogen and oxygen atoms in total. The van der Waals surface area contributed by atoms with Crippen LogP contribution in [0.2, 0.25) is 5.02 Å². The van der Waals surface area contributed by atoms with Crippen molar-refractivity contribution in [1.82, 2.24) is 5.32 Å². The molecule has 0 aromatic heterocycles. The zero-order valence-electron chi connectivity index (χ0n) is 10.2. The van der Waals surface area contributed by atoms with Crippen molar-refractivity contribution < 1.29 is 9.90 Å². The fraction of sp³-hybridized carbons (Fsp3) is 0.500. The predicted molar refractivity (Wildman–Crippen MR) is 71.4 cm³/mol. The van der Waals surface area contributed by atoms with Crippen molar-refractivity contribution >= 4 is 17.5 Å². The number of carbonyl (C=O) groups is 1. The third-order valence-corrected chi connectivity index (χ3v) is 3.80. The molecule has 1 fully saturated rings. The van der Waals surface area contributed by atoms with E-state index in [0.717, 1.165) is 12.8 Å². The Morgan fingerprint density at radius 3 is 2.78 bits per heavy atom. The van der Waals surface area contributed by atoms with Gasteiger partial charge in [-0.3, -0.25) is 4.79 Å². The highest BCUT2D eigenvalue weighted by atomic mass is 35.5. The summed E-state index contributed by atoms with van der Waals surface area (Å²) in [5.41, 5.74) is 0.656. The van der Waals surface area contributed by atoms with Gasteiger partial charge in [-0.1, -0.05) is 36.2 Å². The fourth-order valence-corrected chi connectivity index (χ4v) is 2.36. The molecule has 0 radical (unpaired) electrons. The SMILES string of the molecule is O=C(CC1CCC1)NCC(O)c1ccccc1Cl. The number of nitrogens with one attached hydrogen (secondary N) is 1. The van der Waals surface area contributed by atoms with E-state index < -0.39 is 6.10 Å². The zero-order chi connectivity index (χ0) is 13.0. The Bertz CT molecular complexity index is 418. The van der Waals surface area contributed by atoms with Crippen molar-refractivity contribution in [3.05, 3.63) is 34.9 Å². The Kier molecular flexibility index (Phi) is 4.61. The number of benzene rings is 1. The Morgan fingerprint density at radius 2 is 2.17 bits per heavy atom. The summed E-state index contributed by atoms with van der Waals surface area (Å²) in [7, 11) is 0. The minimum Gasteiger partial charge on any atom is -0.387 e. The largest absolute Gasteiger partial charge is 0.387 e. The number of amides is 1. The molecule has 1 aromatic rings. The maximum atomic E-state index is 11.6. The van der Waals surface area contributed by atoms with Crippen LogP contribution in [0, 0.1) is 5.92 Å². The number of aliphatic hydroxyl groups excluding tert-OH is 1. The van der Waals surface area contributed by atoms with Crippen molar-refractivity contribution in [1.29, 1.82) is 0 Å². The highest BCUT2D eigenvalue weighted by Crippen LogP contribution is 2.29. The van der Waals surface area contributed by atoms with Gasteiger partial charge in [-0.15, -0.1) is 0 Å². The molecule has 2 rings (SSSR count). The highest BCUT2D eigenvalue weighted by molar-refractivity contribution is 6.31. The molecular weight excluding hydrogens is 250 g/mol. The molecule has 0 spiro atoms. The third kappa shape index (κ3) is 3.47. The zero-order valence-corrected chi connectivity index (χ0v) is 11.0. The number of rotatable bonds is 5. The van der Waals surface area contributed by atoms with Gasteiger partial charge in [0.25, 0.3) is 0 Å². The molecule has 1 aromatic carbocycles. The lowest BCUT2D eigenvalue weighted by atomic mass is 9.83. The van der Waals surface area contributed by atoms with Crippen LogP contribution in [0.5, 0.6) is 0 Å². The Hall–Kier alpha value is -1.06. The van der Waals surface area contributed by atoms with E-state index in [1.165, 1.54) is 6.42 Å². The van der Waals surface area contributed by atoms with Gasteiger partial charge >= 0.3 is 0 Å². The van der Waals surface area contributed by atoms with Crippen molar-refractivity contribution in [2.45, 2.75) is 31.8 Å². The van der Waals surface area contributed by atoms with E-state index in [-0.39, 0.29) is 12.5 Å². The molecule has 1 aliphatic rings. The van der Waals surface area contributed by atoms with Crippen LogP contribution < -0.4 is 5.32 Å². The molecule has 0 heterocycles. The first-order chi connectivity index (χ1) is 8.66. The average Bonchev–Trinajstić information content (AvgIpc) is 2.31. The van der Waals surface area contributed by atoms with Crippen LogP contribution in [0.25, 0.3) is 0 Å². The summed E-state index contributed by atoms with van der Waals surface area (Å²) < 4.78 is 0. The van der Waals surface area contributed by atoms with Crippen LogP contribution in [0.3, 0.4) is 0 Å². The van der Waals surface area contributed by atoms with Gasteiger partial charge in [-0.25, -0.2) is 0 Å². The molecule has 2 N–H and O–H groups in total. The van der Waals surface area contributed by atoms with Gasteiger partial charge in [-0.05, 0) is 24.8 Å². The van der Waals surface area contributed by atoms with Gasteiger partial charge in [0.1, 0.15) is 0 Å².